The molecule has 26 heavy (non-hydrogen) atoms. The first kappa shape index (κ1) is 17.2. The van der Waals surface area contributed by atoms with Gasteiger partial charge in [-0.15, -0.1) is 5.10 Å². The topological polar surface area (TPSA) is 120 Å². The van der Waals surface area contributed by atoms with Crippen molar-refractivity contribution < 1.29 is 14.0 Å². The molecule has 0 saturated heterocycles. The lowest BCUT2D eigenvalue weighted by Crippen LogP contribution is -2.26. The van der Waals surface area contributed by atoms with Crippen LogP contribution >= 0.6 is 0 Å². The van der Waals surface area contributed by atoms with E-state index in [1.807, 2.05) is 0 Å². The first-order valence-electron chi connectivity index (χ1n) is 7.67. The Morgan fingerprint density at radius 3 is 2.73 bits per heavy atom. The molecule has 0 radical (unpaired) electrons. The van der Waals surface area contributed by atoms with Crippen molar-refractivity contribution in [3.63, 3.8) is 0 Å². The minimum Gasteiger partial charge on any atom is -0.366 e. The highest BCUT2D eigenvalue weighted by atomic mass is 19.1. The van der Waals surface area contributed by atoms with E-state index in [2.05, 4.69) is 15.6 Å². The van der Waals surface area contributed by atoms with Crippen molar-refractivity contribution >= 4 is 28.4 Å². The maximum Gasteiger partial charge on any atom is 0.277 e. The number of aromatic nitrogens is 3. The highest BCUT2D eigenvalue weighted by Crippen LogP contribution is 2.14. The Labute approximate surface area is 146 Å². The average Bonchev–Trinajstić information content (AvgIpc) is 2.63. The molecule has 0 saturated carbocycles. The summed E-state index contributed by atoms with van der Waals surface area (Å²) in [5.41, 5.74) is 5.10. The number of fused-ring (bicyclic) bond motifs is 1. The molecule has 2 amide bonds. The average molecular weight is 355 g/mol. The lowest BCUT2D eigenvalue weighted by molar-refractivity contribution is -0.116. The van der Waals surface area contributed by atoms with Gasteiger partial charge in [0.1, 0.15) is 11.3 Å². The fourth-order valence-electron chi connectivity index (χ4n) is 2.39. The minimum absolute atomic E-state index is 0.0202. The summed E-state index contributed by atoms with van der Waals surface area (Å²) in [5.74, 6) is -2.14. The quantitative estimate of drug-likeness (QED) is 0.709. The number of benzene rings is 2. The van der Waals surface area contributed by atoms with Gasteiger partial charge >= 0.3 is 0 Å². The molecule has 0 atom stereocenters. The van der Waals surface area contributed by atoms with E-state index in [9.17, 15) is 18.8 Å². The van der Waals surface area contributed by atoms with E-state index < -0.39 is 17.6 Å². The van der Waals surface area contributed by atoms with Crippen LogP contribution in [0, 0.1) is 5.82 Å². The summed E-state index contributed by atoms with van der Waals surface area (Å²) in [5, 5.41) is 10.7. The number of hydrogen-bond acceptors (Lipinski definition) is 5. The van der Waals surface area contributed by atoms with Gasteiger partial charge in [-0.25, -0.2) is 9.07 Å². The third-order valence-corrected chi connectivity index (χ3v) is 3.70. The zero-order chi connectivity index (χ0) is 18.7. The molecule has 3 rings (SSSR count). The number of anilines is 1. The number of primary amides is 1. The van der Waals surface area contributed by atoms with Gasteiger partial charge in [0.2, 0.25) is 5.91 Å². The number of amides is 2. The van der Waals surface area contributed by atoms with Crippen molar-refractivity contribution in [1.82, 2.24) is 15.0 Å². The number of hydrogen-bond donors (Lipinski definition) is 2. The second kappa shape index (κ2) is 7.09. The molecule has 0 spiro atoms. The second-order valence-corrected chi connectivity index (χ2v) is 5.49. The molecule has 0 bridgehead atoms. The zero-order valence-corrected chi connectivity index (χ0v) is 13.5. The third kappa shape index (κ3) is 3.56. The van der Waals surface area contributed by atoms with Crippen LogP contribution in [0.15, 0.2) is 47.3 Å². The summed E-state index contributed by atoms with van der Waals surface area (Å²) in [4.78, 5) is 35.5. The van der Waals surface area contributed by atoms with Gasteiger partial charge in [-0.2, -0.15) is 0 Å². The van der Waals surface area contributed by atoms with Gasteiger partial charge in [0.25, 0.3) is 11.5 Å². The number of aryl methyl sites for hydroxylation is 1. The highest BCUT2D eigenvalue weighted by Gasteiger charge is 2.11. The SMILES string of the molecule is NC(=O)c1cc(NC(=O)CCn2nnc3ccccc3c2=O)ccc1F. The molecule has 1 aromatic heterocycles. The molecule has 1 heterocycles. The summed E-state index contributed by atoms with van der Waals surface area (Å²) < 4.78 is 14.5. The molecule has 0 aliphatic rings. The molecular weight excluding hydrogens is 341 g/mol. The number of carbonyl (C=O) groups is 2. The Hall–Kier alpha value is -3.62. The fourth-order valence-corrected chi connectivity index (χ4v) is 2.39. The van der Waals surface area contributed by atoms with Crippen LogP contribution in [0.25, 0.3) is 10.9 Å². The standard InChI is InChI=1S/C17H14FN5O3/c18-13-6-5-10(9-12(13)16(19)25)20-15(24)7-8-23-17(26)11-3-1-2-4-14(11)21-22-23/h1-6,9H,7-8H2,(H2,19,25)(H,20,24). The van der Waals surface area contributed by atoms with E-state index in [0.717, 1.165) is 16.8 Å². The maximum atomic E-state index is 13.4. The lowest BCUT2D eigenvalue weighted by atomic mass is 10.1. The molecule has 0 aliphatic carbocycles. The molecule has 8 nitrogen and oxygen atoms in total. The van der Waals surface area contributed by atoms with Crippen LogP contribution in [0.3, 0.4) is 0 Å². The van der Waals surface area contributed by atoms with Crippen LogP contribution < -0.4 is 16.6 Å². The molecule has 2 aromatic carbocycles. The highest BCUT2D eigenvalue weighted by molar-refractivity contribution is 5.96. The number of carbonyl (C=O) groups excluding carboxylic acids is 2. The summed E-state index contributed by atoms with van der Waals surface area (Å²) in [7, 11) is 0. The van der Waals surface area contributed by atoms with E-state index in [1.54, 1.807) is 24.3 Å². The van der Waals surface area contributed by atoms with Crippen molar-refractivity contribution in [3.05, 3.63) is 64.2 Å². The number of nitrogens with one attached hydrogen (secondary N) is 1. The van der Waals surface area contributed by atoms with E-state index in [0.29, 0.717) is 10.9 Å². The maximum absolute atomic E-state index is 13.4. The Bertz CT molecular complexity index is 1060. The van der Waals surface area contributed by atoms with Gasteiger partial charge in [0.05, 0.1) is 17.5 Å². The minimum atomic E-state index is -0.934. The van der Waals surface area contributed by atoms with Crippen molar-refractivity contribution in [2.24, 2.45) is 5.73 Å². The predicted octanol–water partition coefficient (Wildman–Crippen LogP) is 1.06. The molecule has 0 fully saturated rings. The molecular formula is C17H14FN5O3. The number of rotatable bonds is 5. The lowest BCUT2D eigenvalue weighted by Gasteiger charge is -2.08. The van der Waals surface area contributed by atoms with Crippen molar-refractivity contribution in [1.29, 1.82) is 0 Å². The molecule has 3 aromatic rings. The Balaban J connectivity index is 1.70. The fraction of sp³-hybridized carbons (Fsp3) is 0.118. The molecule has 3 N–H and O–H groups in total. The van der Waals surface area contributed by atoms with Gasteiger partial charge in [0, 0.05) is 12.1 Å². The smallest absolute Gasteiger partial charge is 0.277 e. The summed E-state index contributed by atoms with van der Waals surface area (Å²) in [6.45, 7) is 0.0202. The summed E-state index contributed by atoms with van der Waals surface area (Å²) >= 11 is 0. The first-order chi connectivity index (χ1) is 12.5. The zero-order valence-electron chi connectivity index (χ0n) is 13.5. The van der Waals surface area contributed by atoms with Gasteiger partial charge in [-0.3, -0.25) is 14.4 Å². The van der Waals surface area contributed by atoms with E-state index in [4.69, 9.17) is 5.73 Å². The second-order valence-electron chi connectivity index (χ2n) is 5.49. The summed E-state index contributed by atoms with van der Waals surface area (Å²) in [6, 6.07) is 10.3. The van der Waals surface area contributed by atoms with Crippen LogP contribution in [-0.4, -0.2) is 26.8 Å². The Morgan fingerprint density at radius 1 is 1.19 bits per heavy atom. The number of halogens is 1. The molecule has 0 unspecified atom stereocenters. The van der Waals surface area contributed by atoms with Gasteiger partial charge < -0.3 is 11.1 Å². The third-order valence-electron chi connectivity index (χ3n) is 3.70. The van der Waals surface area contributed by atoms with E-state index in [-0.39, 0.29) is 29.8 Å². The van der Waals surface area contributed by atoms with Gasteiger partial charge in [-0.1, -0.05) is 17.3 Å². The monoisotopic (exact) mass is 355 g/mol. The Morgan fingerprint density at radius 2 is 1.96 bits per heavy atom. The summed E-state index contributed by atoms with van der Waals surface area (Å²) in [6.07, 6.45) is -0.0593. The van der Waals surface area contributed by atoms with Crippen LogP contribution in [0.5, 0.6) is 0 Å². The van der Waals surface area contributed by atoms with E-state index >= 15 is 0 Å². The van der Waals surface area contributed by atoms with Gasteiger partial charge in [0.15, 0.2) is 0 Å². The van der Waals surface area contributed by atoms with Crippen LogP contribution in [0.1, 0.15) is 16.8 Å². The predicted molar refractivity (Wildman–Crippen MR) is 92.0 cm³/mol. The van der Waals surface area contributed by atoms with Crippen molar-refractivity contribution in [2.75, 3.05) is 5.32 Å². The number of nitrogens with zero attached hydrogens (tertiary/aromatic N) is 3. The first-order valence-corrected chi connectivity index (χ1v) is 7.67. The van der Waals surface area contributed by atoms with E-state index in [1.165, 1.54) is 6.07 Å². The van der Waals surface area contributed by atoms with Crippen molar-refractivity contribution in [2.45, 2.75) is 13.0 Å². The Kier molecular flexibility index (Phi) is 4.70. The molecule has 0 aliphatic heterocycles. The largest absolute Gasteiger partial charge is 0.366 e. The van der Waals surface area contributed by atoms with Gasteiger partial charge in [-0.05, 0) is 30.3 Å². The number of nitrogens with two attached hydrogens (primary N) is 1. The molecule has 9 heteroatoms. The van der Waals surface area contributed by atoms with Crippen LogP contribution in [-0.2, 0) is 11.3 Å². The van der Waals surface area contributed by atoms with Crippen molar-refractivity contribution in [3.8, 4) is 0 Å². The molecule has 132 valence electrons. The normalized spacial score (nSPS) is 10.7. The van der Waals surface area contributed by atoms with Crippen LogP contribution in [0.4, 0.5) is 10.1 Å². The van der Waals surface area contributed by atoms with Crippen LogP contribution in [0.2, 0.25) is 0 Å².